The number of carboxylic acids is 2. The van der Waals surface area contributed by atoms with E-state index in [1.165, 1.54) is 0 Å². The van der Waals surface area contributed by atoms with Gasteiger partial charge in [-0.15, -0.1) is 0 Å². The topological polar surface area (TPSA) is 131 Å². The molecule has 0 aliphatic heterocycles. The predicted octanol–water partition coefficient (Wildman–Crippen LogP) is -4.32. The number of thiocarbonyl (C=S) groups is 1. The van der Waals surface area contributed by atoms with Crippen molar-refractivity contribution in [2.24, 2.45) is 10.8 Å². The quantitative estimate of drug-likeness (QED) is 0.198. The average Bonchev–Trinajstić information content (AvgIpc) is 1.84. The maximum atomic E-state index is 9.97. The third-order valence-corrected chi connectivity index (χ3v) is 0.756. The van der Waals surface area contributed by atoms with Crippen LogP contribution in [0.5, 0.6) is 0 Å². The molecule has 12 heavy (non-hydrogen) atoms. The molecule has 0 saturated carbocycles. The number of hydrogen-bond acceptors (Lipinski definition) is 6. The standard InChI is InChI=1S/C4H5N3O4S/c5-4(12)7-6-1(2(8)9)3(10)11/h(H,8,9)(H,10,11)(H3,5,7,12)/p-2. The normalized spacial score (nSPS) is 8.33. The highest BCUT2D eigenvalue weighted by Crippen LogP contribution is 1.72. The Labute approximate surface area is 71.9 Å². The smallest absolute Gasteiger partial charge is 0.184 e. The molecule has 0 aliphatic carbocycles. The van der Waals surface area contributed by atoms with Gasteiger partial charge < -0.3 is 25.5 Å². The van der Waals surface area contributed by atoms with Crippen molar-refractivity contribution in [2.45, 2.75) is 0 Å². The molecule has 0 aromatic carbocycles. The van der Waals surface area contributed by atoms with E-state index in [1.807, 2.05) is 0 Å². The first-order chi connectivity index (χ1) is 5.45. The molecular weight excluding hydrogens is 186 g/mol. The van der Waals surface area contributed by atoms with Gasteiger partial charge in [-0.2, -0.15) is 5.10 Å². The van der Waals surface area contributed by atoms with E-state index in [0.29, 0.717) is 0 Å². The van der Waals surface area contributed by atoms with E-state index in [0.717, 1.165) is 0 Å². The van der Waals surface area contributed by atoms with E-state index < -0.39 is 17.7 Å². The number of nitrogens with one attached hydrogen (secondary N) is 1. The van der Waals surface area contributed by atoms with Crippen molar-refractivity contribution >= 4 is 35.0 Å². The molecule has 0 amide bonds. The van der Waals surface area contributed by atoms with Crippen molar-refractivity contribution in [1.82, 2.24) is 5.43 Å². The fourth-order valence-electron chi connectivity index (χ4n) is 0.286. The van der Waals surface area contributed by atoms with Crippen LogP contribution in [-0.2, 0) is 9.59 Å². The Morgan fingerprint density at radius 1 is 1.33 bits per heavy atom. The summed E-state index contributed by atoms with van der Waals surface area (Å²) in [6, 6.07) is 0. The molecule has 0 aromatic rings. The van der Waals surface area contributed by atoms with Crippen LogP contribution in [0.2, 0.25) is 0 Å². The van der Waals surface area contributed by atoms with E-state index in [-0.39, 0.29) is 5.11 Å². The summed E-state index contributed by atoms with van der Waals surface area (Å²) in [5, 5.41) is 22.4. The van der Waals surface area contributed by atoms with Crippen molar-refractivity contribution in [3.63, 3.8) is 0 Å². The molecule has 0 saturated heterocycles. The second kappa shape index (κ2) is 4.23. The van der Waals surface area contributed by atoms with Crippen LogP contribution in [0, 0.1) is 0 Å². The number of aliphatic carboxylic acids is 2. The fourth-order valence-corrected chi connectivity index (χ4v) is 0.331. The number of hydrogen-bond donors (Lipinski definition) is 2. The van der Waals surface area contributed by atoms with E-state index >= 15 is 0 Å². The summed E-state index contributed by atoms with van der Waals surface area (Å²) in [5.74, 6) is -3.97. The molecule has 8 heteroatoms. The van der Waals surface area contributed by atoms with Crippen molar-refractivity contribution < 1.29 is 19.8 Å². The zero-order valence-corrected chi connectivity index (χ0v) is 6.38. The van der Waals surface area contributed by atoms with Crippen LogP contribution in [0.3, 0.4) is 0 Å². The van der Waals surface area contributed by atoms with Gasteiger partial charge in [0.1, 0.15) is 5.71 Å². The zero-order valence-electron chi connectivity index (χ0n) is 5.57. The number of carbonyl (C=O) groups is 2. The van der Waals surface area contributed by atoms with Crippen LogP contribution in [0.1, 0.15) is 0 Å². The monoisotopic (exact) mass is 189 g/mol. The molecule has 0 unspecified atom stereocenters. The van der Waals surface area contributed by atoms with E-state index in [9.17, 15) is 19.8 Å². The summed E-state index contributed by atoms with van der Waals surface area (Å²) >= 11 is 4.22. The predicted molar refractivity (Wildman–Crippen MR) is 37.4 cm³/mol. The number of rotatable bonds is 3. The first kappa shape index (κ1) is 10.3. The molecule has 0 heterocycles. The van der Waals surface area contributed by atoms with Gasteiger partial charge in [0.15, 0.2) is 5.11 Å². The Hall–Kier alpha value is -1.70. The Bertz CT molecular complexity index is 245. The average molecular weight is 189 g/mol. The Balaban J connectivity index is 4.51. The maximum Gasteiger partial charge on any atom is 0.184 e. The molecular formula is C4H3N3O4S-2. The third-order valence-electron chi connectivity index (χ3n) is 0.665. The van der Waals surface area contributed by atoms with Gasteiger partial charge in [-0.05, 0) is 12.2 Å². The summed E-state index contributed by atoms with van der Waals surface area (Å²) in [7, 11) is 0. The molecule has 0 bridgehead atoms. The van der Waals surface area contributed by atoms with E-state index in [1.54, 1.807) is 5.43 Å². The third kappa shape index (κ3) is 3.46. The van der Waals surface area contributed by atoms with Crippen LogP contribution in [-0.4, -0.2) is 22.8 Å². The molecule has 0 spiro atoms. The largest absolute Gasteiger partial charge is 0.543 e. The Morgan fingerprint density at radius 2 is 1.75 bits per heavy atom. The van der Waals surface area contributed by atoms with Gasteiger partial charge >= 0.3 is 0 Å². The van der Waals surface area contributed by atoms with Crippen molar-refractivity contribution in [2.75, 3.05) is 0 Å². The van der Waals surface area contributed by atoms with Gasteiger partial charge in [-0.25, -0.2) is 0 Å². The lowest BCUT2D eigenvalue weighted by molar-refractivity contribution is -0.303. The lowest BCUT2D eigenvalue weighted by Gasteiger charge is -2.07. The molecule has 7 nitrogen and oxygen atoms in total. The highest BCUT2D eigenvalue weighted by Gasteiger charge is 2.00. The SMILES string of the molecule is NC(=S)NN=C(C(=O)[O-])C(=O)[O-]. The number of nitrogens with two attached hydrogens (primary N) is 1. The van der Waals surface area contributed by atoms with Crippen LogP contribution in [0.15, 0.2) is 5.10 Å². The number of carboxylic acid groups (broad SMARTS) is 2. The summed E-state index contributed by atoms with van der Waals surface area (Å²) in [5.41, 5.74) is 5.29. The van der Waals surface area contributed by atoms with Crippen LogP contribution < -0.4 is 21.4 Å². The Kier molecular flexibility index (Phi) is 3.63. The summed E-state index contributed by atoms with van der Waals surface area (Å²) in [6.45, 7) is 0. The maximum absolute atomic E-state index is 9.97. The molecule has 3 N–H and O–H groups in total. The van der Waals surface area contributed by atoms with Crippen molar-refractivity contribution in [3.8, 4) is 0 Å². The van der Waals surface area contributed by atoms with Crippen molar-refractivity contribution in [3.05, 3.63) is 0 Å². The Morgan fingerprint density at radius 3 is 2.00 bits per heavy atom. The van der Waals surface area contributed by atoms with Gasteiger partial charge in [-0.3, -0.25) is 5.43 Å². The van der Waals surface area contributed by atoms with Gasteiger partial charge in [0, 0.05) is 0 Å². The number of nitrogens with zero attached hydrogens (tertiary/aromatic N) is 1. The minimum Gasteiger partial charge on any atom is -0.543 e. The van der Waals surface area contributed by atoms with E-state index in [2.05, 4.69) is 17.3 Å². The molecule has 0 rings (SSSR count). The van der Waals surface area contributed by atoms with Gasteiger partial charge in [0.2, 0.25) is 0 Å². The molecule has 0 fully saturated rings. The lowest BCUT2D eigenvalue weighted by atomic mass is 10.4. The van der Waals surface area contributed by atoms with Crippen LogP contribution in [0.25, 0.3) is 0 Å². The van der Waals surface area contributed by atoms with Gasteiger partial charge in [-0.1, -0.05) is 0 Å². The highest BCUT2D eigenvalue weighted by atomic mass is 32.1. The molecule has 0 aromatic heterocycles. The molecule has 0 radical (unpaired) electrons. The minimum absolute atomic E-state index is 0.366. The minimum atomic E-state index is -1.99. The summed E-state index contributed by atoms with van der Waals surface area (Å²) in [4.78, 5) is 19.9. The highest BCUT2D eigenvalue weighted by molar-refractivity contribution is 7.80. The number of hydrazone groups is 1. The first-order valence-corrected chi connectivity index (χ1v) is 2.91. The fraction of sp³-hybridized carbons (Fsp3) is 0. The summed E-state index contributed by atoms with van der Waals surface area (Å²) in [6.07, 6.45) is 0. The molecule has 0 atom stereocenters. The second-order valence-electron chi connectivity index (χ2n) is 1.51. The lowest BCUT2D eigenvalue weighted by Crippen LogP contribution is -2.45. The van der Waals surface area contributed by atoms with Crippen LogP contribution >= 0.6 is 12.2 Å². The number of carbonyl (C=O) groups excluding carboxylic acids is 2. The second-order valence-corrected chi connectivity index (χ2v) is 1.95. The van der Waals surface area contributed by atoms with Crippen molar-refractivity contribution in [1.29, 1.82) is 0 Å². The van der Waals surface area contributed by atoms with Gasteiger partial charge in [0.25, 0.3) is 0 Å². The molecule has 0 aliphatic rings. The van der Waals surface area contributed by atoms with Gasteiger partial charge in [0.05, 0.1) is 11.9 Å². The summed E-state index contributed by atoms with van der Waals surface area (Å²) < 4.78 is 0. The first-order valence-electron chi connectivity index (χ1n) is 2.51. The zero-order chi connectivity index (χ0) is 9.72. The van der Waals surface area contributed by atoms with E-state index in [4.69, 9.17) is 5.73 Å². The molecule has 66 valence electrons. The van der Waals surface area contributed by atoms with Crippen LogP contribution in [0.4, 0.5) is 0 Å².